The Bertz CT molecular complexity index is 1120. The quantitative estimate of drug-likeness (QED) is 0.452. The lowest BCUT2D eigenvalue weighted by molar-refractivity contribution is 0.0947. The summed E-state index contributed by atoms with van der Waals surface area (Å²) < 4.78 is 16.5. The molecule has 1 heterocycles. The van der Waals surface area contributed by atoms with Gasteiger partial charge in [-0.05, 0) is 30.5 Å². The molecule has 0 aliphatic rings. The molecule has 2 N–H and O–H groups in total. The summed E-state index contributed by atoms with van der Waals surface area (Å²) in [6, 6.07) is 12.2. The molecular weight excluding hydrogens is 450 g/mol. The highest BCUT2D eigenvalue weighted by Gasteiger charge is 2.22. The molecule has 0 aliphatic heterocycles. The fourth-order valence-electron chi connectivity index (χ4n) is 2.89. The first-order valence-corrected chi connectivity index (χ1v) is 11.5. The second-order valence-electron chi connectivity index (χ2n) is 6.38. The molecule has 0 saturated carbocycles. The second kappa shape index (κ2) is 10.9. The molecule has 3 aromatic rings. The number of para-hydroxylation sites is 1. The average Bonchev–Trinajstić information content (AvgIpc) is 3.25. The third-order valence-corrected chi connectivity index (χ3v) is 6.47. The Kier molecular flexibility index (Phi) is 7.96. The van der Waals surface area contributed by atoms with Gasteiger partial charge in [0.25, 0.3) is 11.8 Å². The van der Waals surface area contributed by atoms with Crippen LogP contribution in [-0.2, 0) is 6.54 Å². The minimum atomic E-state index is -0.408. The molecule has 0 spiro atoms. The van der Waals surface area contributed by atoms with E-state index in [0.29, 0.717) is 32.2 Å². The number of carbonyl (C=O) groups is 2. The number of methoxy groups -OCH3 is 3. The molecule has 0 radical (unpaired) electrons. The van der Waals surface area contributed by atoms with Gasteiger partial charge < -0.3 is 24.8 Å². The van der Waals surface area contributed by atoms with Crippen molar-refractivity contribution < 1.29 is 23.8 Å². The molecule has 10 heteroatoms. The van der Waals surface area contributed by atoms with Crippen LogP contribution in [0.3, 0.4) is 0 Å². The Morgan fingerprint density at radius 1 is 1.00 bits per heavy atom. The Hall–Kier alpha value is -3.24. The highest BCUT2D eigenvalue weighted by atomic mass is 32.2. The molecule has 3 rings (SSSR count). The number of nitrogens with one attached hydrogen (secondary N) is 2. The van der Waals surface area contributed by atoms with Crippen LogP contribution in [0.2, 0.25) is 0 Å². The van der Waals surface area contributed by atoms with Crippen LogP contribution in [-0.4, -0.2) is 44.4 Å². The summed E-state index contributed by atoms with van der Waals surface area (Å²) >= 11 is 2.63. The zero-order valence-corrected chi connectivity index (χ0v) is 19.7. The van der Waals surface area contributed by atoms with Crippen LogP contribution in [0.1, 0.15) is 26.4 Å². The van der Waals surface area contributed by atoms with Crippen molar-refractivity contribution in [2.75, 3.05) is 32.9 Å². The largest absolute Gasteiger partial charge is 0.497 e. The number of benzene rings is 2. The molecular formula is C22H23N3O5S2. The first-order chi connectivity index (χ1) is 15.5. The highest BCUT2D eigenvalue weighted by Crippen LogP contribution is 2.32. The summed E-state index contributed by atoms with van der Waals surface area (Å²) in [5.41, 5.74) is 1.29. The molecule has 0 atom stereocenters. The zero-order valence-electron chi connectivity index (χ0n) is 18.1. The van der Waals surface area contributed by atoms with Crippen molar-refractivity contribution in [1.82, 2.24) is 10.3 Å². The second-order valence-corrected chi connectivity index (χ2v) is 8.43. The van der Waals surface area contributed by atoms with Crippen LogP contribution in [0.4, 0.5) is 5.00 Å². The molecule has 32 heavy (non-hydrogen) atoms. The standard InChI is InChI=1S/C22H23N3O5S2/c1-28-14-10-9-13(17(11-14)30-3)12-23-20(27)18-21(32-22(24-18)31-4)25-19(26)15-7-5-6-8-16(15)29-2/h5-11H,12H2,1-4H3,(H,23,27)(H,25,26). The zero-order chi connectivity index (χ0) is 23.1. The number of carbonyl (C=O) groups excluding carboxylic acids is 2. The minimum absolute atomic E-state index is 0.148. The fourth-order valence-corrected chi connectivity index (χ4v) is 4.34. The predicted octanol–water partition coefficient (Wildman–Crippen LogP) is 4.07. The van der Waals surface area contributed by atoms with Crippen LogP contribution < -0.4 is 24.8 Å². The number of hydrogen-bond acceptors (Lipinski definition) is 8. The number of aromatic nitrogens is 1. The molecule has 0 fully saturated rings. The van der Waals surface area contributed by atoms with Gasteiger partial charge in [-0.15, -0.1) is 0 Å². The number of amides is 2. The molecule has 2 amide bonds. The summed E-state index contributed by atoms with van der Waals surface area (Å²) in [5.74, 6) is 0.899. The smallest absolute Gasteiger partial charge is 0.273 e. The normalized spacial score (nSPS) is 10.4. The number of hydrogen-bond donors (Lipinski definition) is 2. The van der Waals surface area contributed by atoms with E-state index < -0.39 is 5.91 Å². The number of thioether (sulfide) groups is 1. The van der Waals surface area contributed by atoms with Gasteiger partial charge in [0.1, 0.15) is 22.2 Å². The van der Waals surface area contributed by atoms with Crippen molar-refractivity contribution in [1.29, 1.82) is 0 Å². The molecule has 8 nitrogen and oxygen atoms in total. The monoisotopic (exact) mass is 473 g/mol. The molecule has 0 unspecified atom stereocenters. The molecule has 0 saturated heterocycles. The van der Waals surface area contributed by atoms with Gasteiger partial charge >= 0.3 is 0 Å². The van der Waals surface area contributed by atoms with E-state index in [9.17, 15) is 9.59 Å². The van der Waals surface area contributed by atoms with Gasteiger partial charge in [0.2, 0.25) is 0 Å². The number of ether oxygens (including phenoxy) is 3. The summed E-state index contributed by atoms with van der Waals surface area (Å²) in [5, 5.41) is 6.00. The molecule has 0 bridgehead atoms. The van der Waals surface area contributed by atoms with Crippen molar-refractivity contribution >= 4 is 39.9 Å². The molecule has 2 aromatic carbocycles. The number of thiazole rings is 1. The van der Waals surface area contributed by atoms with E-state index in [2.05, 4.69) is 15.6 Å². The number of anilines is 1. The molecule has 0 aliphatic carbocycles. The summed E-state index contributed by atoms with van der Waals surface area (Å²) in [7, 11) is 4.62. The maximum Gasteiger partial charge on any atom is 0.273 e. The average molecular weight is 474 g/mol. The third kappa shape index (κ3) is 5.32. The van der Waals surface area contributed by atoms with Crippen molar-refractivity contribution in [3.05, 3.63) is 59.3 Å². The lowest BCUT2D eigenvalue weighted by Crippen LogP contribution is -2.25. The first-order valence-electron chi connectivity index (χ1n) is 9.49. The summed E-state index contributed by atoms with van der Waals surface area (Å²) in [4.78, 5) is 30.1. The van der Waals surface area contributed by atoms with E-state index in [1.807, 2.05) is 12.3 Å². The minimum Gasteiger partial charge on any atom is -0.497 e. The first kappa shape index (κ1) is 23.4. The van der Waals surface area contributed by atoms with Crippen molar-refractivity contribution in [3.63, 3.8) is 0 Å². The van der Waals surface area contributed by atoms with Gasteiger partial charge in [-0.3, -0.25) is 9.59 Å². The Balaban J connectivity index is 1.79. The van der Waals surface area contributed by atoms with Gasteiger partial charge in [0.15, 0.2) is 10.0 Å². The predicted molar refractivity (Wildman–Crippen MR) is 126 cm³/mol. The third-order valence-electron chi connectivity index (χ3n) is 4.51. The van der Waals surface area contributed by atoms with Crippen LogP contribution >= 0.6 is 23.1 Å². The van der Waals surface area contributed by atoms with Crippen LogP contribution in [0.5, 0.6) is 17.2 Å². The van der Waals surface area contributed by atoms with Gasteiger partial charge in [-0.2, -0.15) is 0 Å². The molecule has 168 valence electrons. The molecule has 1 aromatic heterocycles. The summed E-state index contributed by atoms with van der Waals surface area (Å²) in [6.45, 7) is 0.220. The van der Waals surface area contributed by atoms with Crippen molar-refractivity contribution in [2.24, 2.45) is 0 Å². The van der Waals surface area contributed by atoms with Crippen molar-refractivity contribution in [3.8, 4) is 17.2 Å². The Labute approximate surface area is 194 Å². The van der Waals surface area contributed by atoms with E-state index in [1.54, 1.807) is 50.6 Å². The lowest BCUT2D eigenvalue weighted by Gasteiger charge is -2.12. The van der Waals surface area contributed by atoms with Gasteiger partial charge in [-0.25, -0.2) is 4.98 Å². The SMILES string of the molecule is COc1ccc(CNC(=O)c2nc(SC)sc2NC(=O)c2ccccc2OC)c(OC)c1. The van der Waals surface area contributed by atoms with Crippen molar-refractivity contribution in [2.45, 2.75) is 10.9 Å². The fraction of sp³-hybridized carbons (Fsp3) is 0.227. The highest BCUT2D eigenvalue weighted by molar-refractivity contribution is 8.00. The van der Waals surface area contributed by atoms with Crippen LogP contribution in [0.25, 0.3) is 0 Å². The van der Waals surface area contributed by atoms with E-state index in [4.69, 9.17) is 14.2 Å². The van der Waals surface area contributed by atoms with Crippen LogP contribution in [0.15, 0.2) is 46.8 Å². The lowest BCUT2D eigenvalue weighted by atomic mass is 10.2. The van der Waals surface area contributed by atoms with Crippen LogP contribution in [0, 0.1) is 0 Å². The maximum atomic E-state index is 12.9. The van der Waals surface area contributed by atoms with Gasteiger partial charge in [0, 0.05) is 18.2 Å². The Morgan fingerprint density at radius 2 is 1.75 bits per heavy atom. The maximum absolute atomic E-state index is 12.9. The summed E-state index contributed by atoms with van der Waals surface area (Å²) in [6.07, 6.45) is 1.86. The van der Waals surface area contributed by atoms with E-state index >= 15 is 0 Å². The Morgan fingerprint density at radius 3 is 2.44 bits per heavy atom. The number of nitrogens with zero attached hydrogens (tertiary/aromatic N) is 1. The van der Waals surface area contributed by atoms with E-state index in [0.717, 1.165) is 5.56 Å². The van der Waals surface area contributed by atoms with E-state index in [1.165, 1.54) is 30.2 Å². The topological polar surface area (TPSA) is 98.8 Å². The van der Waals surface area contributed by atoms with E-state index in [-0.39, 0.29) is 18.1 Å². The van der Waals surface area contributed by atoms with Gasteiger partial charge in [0.05, 0.1) is 26.9 Å². The van der Waals surface area contributed by atoms with Gasteiger partial charge in [-0.1, -0.05) is 35.2 Å². The number of rotatable bonds is 9.